The minimum absolute atomic E-state index is 0. The average molecular weight is 1080 g/mol. The Morgan fingerprint density at radius 2 is 1.16 bits per heavy atom. The maximum Gasteiger partial charge on any atom is 1.00 e. The molecule has 0 aromatic carbocycles. The molecule has 0 amide bonds. The van der Waals surface area contributed by atoms with Gasteiger partial charge in [0, 0.05) is 76.9 Å². The summed E-state index contributed by atoms with van der Waals surface area (Å²) in [6.45, 7) is 7.75. The zero-order chi connectivity index (χ0) is 51.5. The van der Waals surface area contributed by atoms with Gasteiger partial charge >= 0.3 is 121 Å². The van der Waals surface area contributed by atoms with Crippen LogP contribution in [0.4, 0.5) is 17.5 Å². The Bertz CT molecular complexity index is 2590. The van der Waals surface area contributed by atoms with Crippen molar-refractivity contribution in [1.29, 1.82) is 0 Å². The fraction of sp³-hybridized carbons (Fsp3) is 0.488. The van der Waals surface area contributed by atoms with Crippen LogP contribution < -0.4 is 125 Å². The third-order valence-electron chi connectivity index (χ3n) is 10.6. The van der Waals surface area contributed by atoms with Crippen LogP contribution in [0.25, 0.3) is 33.1 Å². The van der Waals surface area contributed by atoms with Gasteiger partial charge in [0.1, 0.15) is 71.7 Å². The summed E-state index contributed by atoms with van der Waals surface area (Å²) in [7, 11) is 1.00. The summed E-state index contributed by atoms with van der Waals surface area (Å²) < 4.78 is 32.4. The second kappa shape index (κ2) is 33.9. The van der Waals surface area contributed by atoms with E-state index in [1.165, 1.54) is 39.8 Å². The number of rotatable bonds is 9. The summed E-state index contributed by atoms with van der Waals surface area (Å²) in [6.07, 6.45) is 9.49. The number of nitrogens with zero attached hydrogens (tertiary/aromatic N) is 6. The Labute approximate surface area is 504 Å². The first-order valence-electron chi connectivity index (χ1n) is 21.7. The number of aliphatic hydroxyl groups excluding tert-OH is 3. The number of H-pyrrole nitrogens is 3. The molecule has 0 spiro atoms. The van der Waals surface area contributed by atoms with Crippen LogP contribution in [-0.2, 0) is 52.5 Å². The maximum atomic E-state index is 11.3. The van der Waals surface area contributed by atoms with Gasteiger partial charge in [-0.25, -0.2) is 29.9 Å². The van der Waals surface area contributed by atoms with Crippen LogP contribution in [0, 0.1) is 0 Å². The summed E-state index contributed by atoms with van der Waals surface area (Å²) in [5.41, 5.74) is 20.9. The number of ether oxygens (including phenoxy) is 6. The van der Waals surface area contributed by atoms with Crippen molar-refractivity contribution in [2.45, 2.75) is 122 Å². The Morgan fingerprint density at radius 1 is 0.712 bits per heavy atom. The molecule has 9 heterocycles. The molecule has 6 aromatic rings. The summed E-state index contributed by atoms with van der Waals surface area (Å²) in [5, 5.41) is 36.8. The summed E-state index contributed by atoms with van der Waals surface area (Å²) in [5.74, 6) is 0.118. The van der Waals surface area contributed by atoms with Gasteiger partial charge in [0.2, 0.25) is 6.29 Å². The van der Waals surface area contributed by atoms with E-state index in [-0.39, 0.29) is 159 Å². The first-order chi connectivity index (χ1) is 33.6. The van der Waals surface area contributed by atoms with Crippen LogP contribution in [0.15, 0.2) is 43.6 Å². The van der Waals surface area contributed by atoms with Crippen molar-refractivity contribution in [1.82, 2.24) is 44.9 Å². The molecular formula is C43H62K2N12O16. The fourth-order valence-corrected chi connectivity index (χ4v) is 7.65. The molecule has 1 unspecified atom stereocenters. The van der Waals surface area contributed by atoms with Crippen molar-refractivity contribution >= 4 is 74.9 Å². The number of hydrogen-bond acceptors (Lipinski definition) is 24. The fourth-order valence-electron chi connectivity index (χ4n) is 7.65. The van der Waals surface area contributed by atoms with E-state index >= 15 is 0 Å². The third-order valence-corrected chi connectivity index (χ3v) is 10.6. The summed E-state index contributed by atoms with van der Waals surface area (Å²) in [4.78, 5) is 77.1. The number of carbonyl (C=O) groups is 4. The smallest absolute Gasteiger partial charge is 1.00 e. The van der Waals surface area contributed by atoms with Crippen molar-refractivity contribution < 1.29 is 183 Å². The van der Waals surface area contributed by atoms with Gasteiger partial charge in [-0.3, -0.25) is 19.2 Å². The van der Waals surface area contributed by atoms with E-state index < -0.39 is 36.5 Å². The second-order valence-corrected chi connectivity index (χ2v) is 15.3. The third kappa shape index (κ3) is 19.0. The van der Waals surface area contributed by atoms with Gasteiger partial charge in [0.05, 0.1) is 47.2 Å². The Kier molecular flexibility index (Phi) is 31.2. The number of nitrogens with one attached hydrogen (secondary N) is 3. The number of fused-ring (bicyclic) bond motifs is 3. The second-order valence-electron chi connectivity index (χ2n) is 15.3. The number of aliphatic hydroxyl groups is 3. The molecule has 30 heteroatoms. The molecule has 3 saturated heterocycles. The normalized spacial score (nSPS) is 22.1. The van der Waals surface area contributed by atoms with E-state index in [0.717, 1.165) is 47.5 Å². The van der Waals surface area contributed by atoms with Crippen molar-refractivity contribution in [2.75, 3.05) is 30.9 Å². The Hall–Kier alpha value is -3.91. The van der Waals surface area contributed by atoms with Crippen LogP contribution >= 0.6 is 0 Å². The number of anilines is 3. The molecule has 6 aromatic heterocycles. The van der Waals surface area contributed by atoms with Gasteiger partial charge in [-0.1, -0.05) is 13.8 Å². The molecule has 0 saturated carbocycles. The van der Waals surface area contributed by atoms with Crippen LogP contribution in [-0.4, -0.2) is 147 Å². The molecule has 28 nitrogen and oxygen atoms in total. The predicted molar refractivity (Wildman–Crippen MR) is 249 cm³/mol. The van der Waals surface area contributed by atoms with Crippen LogP contribution in [0.5, 0.6) is 0 Å². The molecule has 0 bridgehead atoms. The number of aromatic nitrogens is 9. The number of nitrogens with two attached hydrogens (primary N) is 3. The van der Waals surface area contributed by atoms with Gasteiger partial charge in [0.15, 0.2) is 6.10 Å². The molecular weight excluding hydrogens is 1020 g/mol. The van der Waals surface area contributed by atoms with Gasteiger partial charge in [-0.2, -0.15) is 0 Å². The van der Waals surface area contributed by atoms with Gasteiger partial charge < -0.3 is 92.9 Å². The zero-order valence-corrected chi connectivity index (χ0v) is 48.0. The minimum Gasteiger partial charge on any atom is -1.00 e. The van der Waals surface area contributed by atoms with E-state index in [1.54, 1.807) is 18.6 Å². The van der Waals surface area contributed by atoms with Crippen molar-refractivity contribution in [3.63, 3.8) is 0 Å². The van der Waals surface area contributed by atoms with Crippen molar-refractivity contribution in [3.05, 3.63) is 54.8 Å². The number of aromatic amines is 3. The number of esters is 3. The van der Waals surface area contributed by atoms with Crippen LogP contribution in [0.1, 0.15) is 91.5 Å². The molecule has 9 rings (SSSR count). The zero-order valence-electron chi connectivity index (χ0n) is 42.7. The largest absolute Gasteiger partial charge is 1.00 e. The van der Waals surface area contributed by atoms with Crippen molar-refractivity contribution in [2.24, 2.45) is 0 Å². The van der Waals surface area contributed by atoms with Crippen LogP contribution in [0.3, 0.4) is 0 Å². The average Bonchev–Trinajstić information content (AvgIpc) is 4.21. The standard InChI is InChI=1S/C14H18N4O3.C11H14N4O3.C10H16O5.C6H6N4.CH2O3.CH4O.2K.H2O.H/c1-3-8-4-10(20-7(2)19)12(21-8)9-5-16-14-11(9)13(15)17-6-18-14;12-10-8-6(2-13-11(8)15-4-14-10)9-7(17)1-5(3-16)18-9;1-4-8-5-9(13-6(2)11)10(15-8)14-7(3)12;7-5-4-1-2-8-6(4)10-3-9-5;2-1-4-3;1-2;;;;/h5-6,8,10,12H,3-4H2,1-2H3,(H3,15,16,17,18);2,4-5,7,9,16-17H,1,3H2,(H3,12,13,14,15);8-10H,4-5H2,1-3H3;1-3H,(H3,7,8,9,10);1,3H;2H,1H3;;;1H2;/q;;;;;;2*+1;;-1/p-1/t8-,10-,12-;5-,7+,9+;8-,9-,10?;;;;;;;/m101......./s1. The molecule has 392 valence electrons. The minimum atomic E-state index is -0.753. The van der Waals surface area contributed by atoms with E-state index in [4.69, 9.17) is 65.9 Å². The molecule has 3 aliphatic rings. The number of carbonyl (C=O) groups excluding carboxylic acids is 4. The maximum absolute atomic E-state index is 11.3. The van der Waals surface area contributed by atoms with E-state index in [0.29, 0.717) is 53.4 Å². The molecule has 73 heavy (non-hydrogen) atoms. The number of nitrogen functional groups attached to an aromatic ring is 3. The van der Waals surface area contributed by atoms with Crippen LogP contribution in [0.2, 0.25) is 0 Å². The molecule has 3 fully saturated rings. The van der Waals surface area contributed by atoms with E-state index in [1.807, 2.05) is 19.9 Å². The molecule has 0 aliphatic carbocycles. The van der Waals surface area contributed by atoms with Gasteiger partial charge in [0.25, 0.3) is 6.47 Å². The quantitative estimate of drug-likeness (QED) is 0.0163. The topological polar surface area (TPSA) is 451 Å². The van der Waals surface area contributed by atoms with Crippen molar-refractivity contribution in [3.8, 4) is 0 Å². The first-order valence-corrected chi connectivity index (χ1v) is 21.7. The van der Waals surface area contributed by atoms with Gasteiger partial charge in [-0.15, -0.1) is 0 Å². The molecule has 9 atom stereocenters. The molecule has 14 N–H and O–H groups in total. The summed E-state index contributed by atoms with van der Waals surface area (Å²) in [6, 6.07) is 1.85. The Morgan fingerprint density at radius 3 is 1.63 bits per heavy atom. The number of hydrogen-bond donors (Lipinski definition) is 9. The first kappa shape index (κ1) is 67.1. The van der Waals surface area contributed by atoms with Gasteiger partial charge in [-0.05, 0) is 18.9 Å². The Balaban J connectivity index is 0.000000930. The predicted octanol–water partition coefficient (Wildman–Crippen LogP) is -5.68. The van der Waals surface area contributed by atoms with E-state index in [2.05, 4.69) is 49.7 Å². The molecule has 0 radical (unpaired) electrons. The van der Waals surface area contributed by atoms with E-state index in [9.17, 15) is 19.5 Å². The SMILES string of the molecule is CC[C@@H]1C[C@@H](OC(C)=O)C(OC(C)=O)O1.CC[C@@H]1C[C@@H](OC(C)=O)[C@@H](c2c[nH]c3ncnc(N)c23)O1.CO.Nc1ncnc2[nH]cc([C@H]3O[C@H](CO)C[C@H]3O)c12.Nc1ncnc2[nH]ccc12.O.O=CO[O-].[H-].[K+].[K+]. The monoisotopic (exact) mass is 1080 g/mol. The summed E-state index contributed by atoms with van der Waals surface area (Å²) >= 11 is 0. The molecule has 3 aliphatic heterocycles.